The van der Waals surface area contributed by atoms with Crippen LogP contribution >= 0.6 is 0 Å². The summed E-state index contributed by atoms with van der Waals surface area (Å²) in [5.41, 5.74) is -0.540. The number of nitrogens with one attached hydrogen (secondary N) is 2. The molecule has 104 valence electrons. The topological polar surface area (TPSA) is 78.4 Å². The number of amides is 2. The molecule has 0 aromatic carbocycles. The lowest BCUT2D eigenvalue weighted by molar-refractivity contribution is -0.138. The molecule has 1 saturated carbocycles. The average molecular weight is 256 g/mol. The number of hydrogen-bond donors (Lipinski definition) is 3. The highest BCUT2D eigenvalue weighted by molar-refractivity contribution is 5.77. The molecule has 1 aliphatic rings. The highest BCUT2D eigenvalue weighted by atomic mass is 16.4. The summed E-state index contributed by atoms with van der Waals surface area (Å²) in [6.07, 6.45) is 5.45. The first-order valence-electron chi connectivity index (χ1n) is 6.78. The van der Waals surface area contributed by atoms with Gasteiger partial charge in [-0.05, 0) is 26.2 Å². The Labute approximate surface area is 108 Å². The molecule has 1 fully saturated rings. The summed E-state index contributed by atoms with van der Waals surface area (Å²) in [6, 6.07) is -0.114. The number of rotatable bonds is 6. The fourth-order valence-electron chi connectivity index (χ4n) is 2.69. The van der Waals surface area contributed by atoms with Crippen LogP contribution in [0, 0.1) is 0 Å². The quantitative estimate of drug-likeness (QED) is 0.682. The van der Waals surface area contributed by atoms with Gasteiger partial charge in [-0.1, -0.05) is 26.2 Å². The molecular weight excluding hydrogens is 232 g/mol. The molecule has 5 heteroatoms. The van der Waals surface area contributed by atoms with Gasteiger partial charge in [-0.3, -0.25) is 4.79 Å². The smallest absolute Gasteiger partial charge is 0.315 e. The maximum atomic E-state index is 11.9. The van der Waals surface area contributed by atoms with Crippen molar-refractivity contribution in [2.24, 2.45) is 0 Å². The number of hydrogen-bond acceptors (Lipinski definition) is 2. The highest BCUT2D eigenvalue weighted by Gasteiger charge is 2.37. The summed E-state index contributed by atoms with van der Waals surface area (Å²) in [6.45, 7) is 4.03. The van der Waals surface area contributed by atoms with Crippen LogP contribution in [-0.4, -0.2) is 28.7 Å². The fourth-order valence-corrected chi connectivity index (χ4v) is 2.69. The Morgan fingerprint density at radius 2 is 1.94 bits per heavy atom. The van der Waals surface area contributed by atoms with Gasteiger partial charge in [-0.25, -0.2) is 4.79 Å². The summed E-state index contributed by atoms with van der Waals surface area (Å²) in [4.78, 5) is 22.8. The Balaban J connectivity index is 2.50. The Morgan fingerprint density at radius 3 is 2.44 bits per heavy atom. The molecule has 0 aromatic rings. The van der Waals surface area contributed by atoms with Crippen molar-refractivity contribution < 1.29 is 14.7 Å². The zero-order valence-corrected chi connectivity index (χ0v) is 11.3. The minimum Gasteiger partial charge on any atom is -0.481 e. The third-order valence-corrected chi connectivity index (χ3v) is 3.53. The lowest BCUT2D eigenvalue weighted by atomic mass is 9.93. The van der Waals surface area contributed by atoms with Gasteiger partial charge in [0.2, 0.25) is 0 Å². The van der Waals surface area contributed by atoms with E-state index in [2.05, 4.69) is 17.6 Å². The number of carboxylic acid groups (broad SMARTS) is 1. The Bertz CT molecular complexity index is 299. The van der Waals surface area contributed by atoms with E-state index in [1.165, 1.54) is 0 Å². The third-order valence-electron chi connectivity index (χ3n) is 3.53. The van der Waals surface area contributed by atoms with Gasteiger partial charge >= 0.3 is 12.0 Å². The molecule has 0 bridgehead atoms. The minimum atomic E-state index is -0.848. The van der Waals surface area contributed by atoms with Crippen molar-refractivity contribution >= 4 is 12.0 Å². The van der Waals surface area contributed by atoms with E-state index < -0.39 is 11.5 Å². The first kappa shape index (κ1) is 14.8. The van der Waals surface area contributed by atoms with Crippen molar-refractivity contribution in [2.75, 3.05) is 0 Å². The molecule has 0 saturated heterocycles. The van der Waals surface area contributed by atoms with Gasteiger partial charge in [0.25, 0.3) is 0 Å². The van der Waals surface area contributed by atoms with Crippen molar-refractivity contribution in [1.29, 1.82) is 0 Å². The maximum absolute atomic E-state index is 11.9. The monoisotopic (exact) mass is 256 g/mol. The fraction of sp³-hybridized carbons (Fsp3) is 0.846. The van der Waals surface area contributed by atoms with Gasteiger partial charge < -0.3 is 15.7 Å². The maximum Gasteiger partial charge on any atom is 0.315 e. The lowest BCUT2D eigenvalue weighted by Crippen LogP contribution is -2.53. The summed E-state index contributed by atoms with van der Waals surface area (Å²) in [7, 11) is 0. The molecule has 1 aliphatic carbocycles. The molecule has 18 heavy (non-hydrogen) atoms. The lowest BCUT2D eigenvalue weighted by Gasteiger charge is -2.29. The highest BCUT2D eigenvalue weighted by Crippen LogP contribution is 2.32. The van der Waals surface area contributed by atoms with Gasteiger partial charge in [0.15, 0.2) is 0 Å². The number of urea groups is 1. The SMILES string of the molecule is CCCC(C)NC(=O)NC1(CC(=O)O)CCCC1. The molecule has 0 heterocycles. The molecule has 0 spiro atoms. The van der Waals surface area contributed by atoms with Gasteiger partial charge in [-0.15, -0.1) is 0 Å². The van der Waals surface area contributed by atoms with E-state index in [9.17, 15) is 9.59 Å². The molecule has 0 aliphatic heterocycles. The predicted molar refractivity (Wildman–Crippen MR) is 69.5 cm³/mol. The molecule has 0 radical (unpaired) electrons. The van der Waals surface area contributed by atoms with Crippen molar-refractivity contribution in [2.45, 2.75) is 70.4 Å². The number of carbonyl (C=O) groups excluding carboxylic acids is 1. The molecule has 1 rings (SSSR count). The van der Waals surface area contributed by atoms with Gasteiger partial charge in [0.05, 0.1) is 12.0 Å². The molecule has 3 N–H and O–H groups in total. The second-order valence-corrected chi connectivity index (χ2v) is 5.35. The summed E-state index contributed by atoms with van der Waals surface area (Å²) in [5, 5.41) is 14.7. The van der Waals surface area contributed by atoms with Crippen LogP contribution in [-0.2, 0) is 4.79 Å². The summed E-state index contributed by atoms with van der Waals surface area (Å²) < 4.78 is 0. The first-order chi connectivity index (χ1) is 8.47. The van der Waals surface area contributed by atoms with E-state index in [1.807, 2.05) is 6.92 Å². The van der Waals surface area contributed by atoms with E-state index >= 15 is 0 Å². The average Bonchev–Trinajstić information content (AvgIpc) is 2.64. The summed E-state index contributed by atoms with van der Waals surface area (Å²) >= 11 is 0. The van der Waals surface area contributed by atoms with Crippen molar-refractivity contribution in [3.05, 3.63) is 0 Å². The van der Waals surface area contributed by atoms with Crippen LogP contribution in [0.4, 0.5) is 4.79 Å². The van der Waals surface area contributed by atoms with Gasteiger partial charge in [0.1, 0.15) is 0 Å². The Hall–Kier alpha value is -1.26. The van der Waals surface area contributed by atoms with Crippen LogP contribution in [0.2, 0.25) is 0 Å². The number of aliphatic carboxylic acids is 1. The van der Waals surface area contributed by atoms with Crippen molar-refractivity contribution in [3.63, 3.8) is 0 Å². The third kappa shape index (κ3) is 4.55. The molecule has 1 unspecified atom stereocenters. The Kier molecular flexibility index (Phi) is 5.44. The van der Waals surface area contributed by atoms with E-state index in [1.54, 1.807) is 0 Å². The van der Waals surface area contributed by atoms with Crippen LogP contribution in [0.1, 0.15) is 58.8 Å². The molecule has 2 amide bonds. The van der Waals surface area contributed by atoms with E-state index in [0.717, 1.165) is 38.5 Å². The van der Waals surface area contributed by atoms with E-state index in [0.29, 0.717) is 0 Å². The summed E-state index contributed by atoms with van der Waals surface area (Å²) in [5.74, 6) is -0.848. The molecule has 1 atom stereocenters. The van der Waals surface area contributed by atoms with Gasteiger partial charge in [0, 0.05) is 6.04 Å². The number of carbonyl (C=O) groups is 2. The van der Waals surface area contributed by atoms with Gasteiger partial charge in [-0.2, -0.15) is 0 Å². The van der Waals surface area contributed by atoms with Crippen molar-refractivity contribution in [1.82, 2.24) is 10.6 Å². The van der Waals surface area contributed by atoms with E-state index in [-0.39, 0.29) is 18.5 Å². The molecule has 0 aromatic heterocycles. The predicted octanol–water partition coefficient (Wildman–Crippen LogP) is 2.26. The first-order valence-corrected chi connectivity index (χ1v) is 6.78. The molecule has 5 nitrogen and oxygen atoms in total. The second kappa shape index (κ2) is 6.61. The zero-order chi connectivity index (χ0) is 13.6. The van der Waals surface area contributed by atoms with Crippen LogP contribution in [0.5, 0.6) is 0 Å². The number of carboxylic acids is 1. The van der Waals surface area contributed by atoms with Crippen LogP contribution < -0.4 is 10.6 Å². The molecular formula is C13H24N2O3. The zero-order valence-electron chi connectivity index (χ0n) is 11.3. The van der Waals surface area contributed by atoms with Crippen LogP contribution in [0.25, 0.3) is 0 Å². The normalized spacial score (nSPS) is 19.2. The largest absolute Gasteiger partial charge is 0.481 e. The Morgan fingerprint density at radius 1 is 1.33 bits per heavy atom. The second-order valence-electron chi connectivity index (χ2n) is 5.35. The standard InChI is InChI=1S/C13H24N2O3/c1-3-6-10(2)14-12(18)15-13(9-11(16)17)7-4-5-8-13/h10H,3-9H2,1-2H3,(H,16,17)(H2,14,15,18). The van der Waals surface area contributed by atoms with Crippen molar-refractivity contribution in [3.8, 4) is 0 Å². The van der Waals surface area contributed by atoms with E-state index in [4.69, 9.17) is 5.11 Å². The minimum absolute atomic E-state index is 0.0164. The van der Waals surface area contributed by atoms with Crippen LogP contribution in [0.15, 0.2) is 0 Å². The van der Waals surface area contributed by atoms with Crippen LogP contribution in [0.3, 0.4) is 0 Å².